The molecule has 0 aliphatic rings. The van der Waals surface area contributed by atoms with Crippen molar-refractivity contribution < 1.29 is 4.48 Å². The van der Waals surface area contributed by atoms with Crippen molar-refractivity contribution in [2.45, 2.75) is 105 Å². The summed E-state index contributed by atoms with van der Waals surface area (Å²) < 4.78 is 1.13. The molecule has 0 heterocycles. The van der Waals surface area contributed by atoms with E-state index in [1.807, 2.05) is 0 Å². The topological polar surface area (TPSA) is 0 Å². The van der Waals surface area contributed by atoms with Crippen LogP contribution in [-0.2, 0) is 0 Å². The third-order valence-corrected chi connectivity index (χ3v) is 6.51. The molecule has 0 aliphatic carbocycles. The van der Waals surface area contributed by atoms with Gasteiger partial charge in [0.25, 0.3) is 0 Å². The second-order valence-corrected chi connectivity index (χ2v) is 8.76. The summed E-state index contributed by atoms with van der Waals surface area (Å²) in [5.74, 6) is 0.755. The number of quaternary nitrogens is 1. The fraction of sp³-hybridized carbons (Fsp3) is 1.00. The van der Waals surface area contributed by atoms with Crippen molar-refractivity contribution in [3.05, 3.63) is 0 Å². The minimum absolute atomic E-state index is 0.453. The molecule has 0 fully saturated rings. The van der Waals surface area contributed by atoms with Crippen molar-refractivity contribution >= 4 is 0 Å². The highest BCUT2D eigenvalue weighted by Crippen LogP contribution is 2.38. The van der Waals surface area contributed by atoms with Gasteiger partial charge < -0.3 is 4.48 Å². The normalized spacial score (nSPS) is 16.3. The molecule has 0 N–H and O–H groups in total. The first-order valence-corrected chi connectivity index (χ1v) is 9.40. The van der Waals surface area contributed by atoms with E-state index in [-0.39, 0.29) is 0 Å². The molecule has 0 saturated carbocycles. The Labute approximate surface area is 136 Å². The molecule has 2 atom stereocenters. The Hall–Kier alpha value is -0.0400. The van der Waals surface area contributed by atoms with Crippen LogP contribution in [0.1, 0.15) is 93.4 Å². The van der Waals surface area contributed by atoms with Gasteiger partial charge in [0.15, 0.2) is 0 Å². The number of rotatable bonds is 11. The number of hydrogen-bond acceptors (Lipinski definition) is 0. The number of hydrogen-bond donors (Lipinski definition) is 0. The van der Waals surface area contributed by atoms with E-state index in [0.717, 1.165) is 10.4 Å². The lowest BCUT2D eigenvalue weighted by Gasteiger charge is -2.47. The van der Waals surface area contributed by atoms with Crippen LogP contribution in [0.2, 0.25) is 0 Å². The molecule has 0 bridgehead atoms. The van der Waals surface area contributed by atoms with Crippen LogP contribution >= 0.6 is 0 Å². The second-order valence-electron chi connectivity index (χ2n) is 8.76. The summed E-state index contributed by atoms with van der Waals surface area (Å²) in [5, 5.41) is 0. The lowest BCUT2D eigenvalue weighted by Crippen LogP contribution is -2.56. The van der Waals surface area contributed by atoms with Gasteiger partial charge in [0.1, 0.15) is 0 Å². The molecule has 0 aromatic rings. The molecule has 0 rings (SSSR count). The molecule has 1 nitrogen and oxygen atoms in total. The van der Waals surface area contributed by atoms with Crippen molar-refractivity contribution in [1.29, 1.82) is 0 Å². The largest absolute Gasteiger partial charge is 0.324 e. The predicted molar refractivity (Wildman–Crippen MR) is 97.6 cm³/mol. The van der Waals surface area contributed by atoms with E-state index in [0.29, 0.717) is 17.5 Å². The van der Waals surface area contributed by atoms with E-state index >= 15 is 0 Å². The fourth-order valence-corrected chi connectivity index (χ4v) is 3.29. The Morgan fingerprint density at radius 1 is 0.810 bits per heavy atom. The van der Waals surface area contributed by atoms with Gasteiger partial charge in [-0.05, 0) is 32.6 Å². The van der Waals surface area contributed by atoms with Crippen LogP contribution in [-0.4, -0.2) is 30.7 Å². The third-order valence-electron chi connectivity index (χ3n) is 6.51. The van der Waals surface area contributed by atoms with Crippen LogP contribution in [0.5, 0.6) is 0 Å². The zero-order valence-corrected chi connectivity index (χ0v) is 16.6. The summed E-state index contributed by atoms with van der Waals surface area (Å²) in [4.78, 5) is 0. The molecular weight excluding hydrogens is 254 g/mol. The third kappa shape index (κ3) is 6.72. The van der Waals surface area contributed by atoms with E-state index < -0.39 is 0 Å². The summed E-state index contributed by atoms with van der Waals surface area (Å²) >= 11 is 0. The summed E-state index contributed by atoms with van der Waals surface area (Å²) in [6.07, 6.45) is 9.83. The van der Waals surface area contributed by atoms with E-state index in [1.165, 1.54) is 44.9 Å². The first-order chi connectivity index (χ1) is 9.57. The Morgan fingerprint density at radius 3 is 1.76 bits per heavy atom. The van der Waals surface area contributed by atoms with E-state index in [4.69, 9.17) is 0 Å². The molecule has 0 aromatic heterocycles. The Balaban J connectivity index is 4.35. The zero-order chi connectivity index (χ0) is 16.7. The van der Waals surface area contributed by atoms with Gasteiger partial charge in [-0.15, -0.1) is 0 Å². The van der Waals surface area contributed by atoms with Gasteiger partial charge in [-0.1, -0.05) is 66.2 Å². The van der Waals surface area contributed by atoms with Crippen molar-refractivity contribution in [2.75, 3.05) is 14.1 Å². The zero-order valence-electron chi connectivity index (χ0n) is 16.6. The van der Waals surface area contributed by atoms with Crippen molar-refractivity contribution in [3.8, 4) is 0 Å². The molecule has 2 unspecified atom stereocenters. The monoisotopic (exact) mass is 298 g/mol. The van der Waals surface area contributed by atoms with Crippen LogP contribution in [0, 0.1) is 11.3 Å². The average molecular weight is 299 g/mol. The van der Waals surface area contributed by atoms with Crippen molar-refractivity contribution in [2.24, 2.45) is 11.3 Å². The Bertz CT molecular complexity index is 265. The van der Waals surface area contributed by atoms with Gasteiger partial charge in [0.2, 0.25) is 0 Å². The minimum atomic E-state index is 0.453. The Morgan fingerprint density at radius 2 is 1.29 bits per heavy atom. The first kappa shape index (κ1) is 21.0. The molecule has 1 heteroatoms. The van der Waals surface area contributed by atoms with Crippen molar-refractivity contribution in [1.82, 2.24) is 0 Å². The maximum atomic E-state index is 2.49. The molecule has 21 heavy (non-hydrogen) atoms. The molecule has 0 radical (unpaired) electrons. The molecular formula is C20H44N+. The maximum absolute atomic E-state index is 2.49. The summed E-state index contributed by atoms with van der Waals surface area (Å²) in [6, 6.07) is 1.40. The lowest BCUT2D eigenvalue weighted by molar-refractivity contribution is -0.937. The average Bonchev–Trinajstić information content (AvgIpc) is 2.40. The number of unbranched alkanes of at least 4 members (excludes halogenated alkanes) is 5. The minimum Gasteiger partial charge on any atom is -0.324 e. The van der Waals surface area contributed by atoms with Crippen LogP contribution in [0.25, 0.3) is 0 Å². The highest BCUT2D eigenvalue weighted by atomic mass is 15.4. The van der Waals surface area contributed by atoms with Crippen LogP contribution in [0.15, 0.2) is 0 Å². The molecule has 128 valence electrons. The van der Waals surface area contributed by atoms with E-state index in [2.05, 4.69) is 62.6 Å². The Kier molecular flexibility index (Phi) is 9.16. The van der Waals surface area contributed by atoms with E-state index in [1.54, 1.807) is 0 Å². The highest BCUT2D eigenvalue weighted by molar-refractivity contribution is 4.80. The van der Waals surface area contributed by atoms with Gasteiger partial charge in [-0.2, -0.15) is 0 Å². The van der Waals surface area contributed by atoms with Gasteiger partial charge in [0.05, 0.1) is 26.2 Å². The van der Waals surface area contributed by atoms with Gasteiger partial charge in [0, 0.05) is 5.92 Å². The quantitative estimate of drug-likeness (QED) is 0.311. The van der Waals surface area contributed by atoms with Crippen LogP contribution in [0.3, 0.4) is 0 Å². The van der Waals surface area contributed by atoms with Gasteiger partial charge in [-0.25, -0.2) is 0 Å². The summed E-state index contributed by atoms with van der Waals surface area (Å²) in [7, 11) is 4.79. The molecule has 0 aliphatic heterocycles. The molecule has 0 spiro atoms. The SMILES string of the molecule is CCCCCCCCC(C)(C)C(C)C(C)[N+](C)(C)C(C)C. The highest BCUT2D eigenvalue weighted by Gasteiger charge is 2.39. The smallest absolute Gasteiger partial charge is 0.0890 e. The first-order valence-electron chi connectivity index (χ1n) is 9.40. The lowest BCUT2D eigenvalue weighted by atomic mass is 9.72. The predicted octanol–water partition coefficient (Wildman–Crippen LogP) is 6.27. The van der Waals surface area contributed by atoms with Gasteiger partial charge in [-0.3, -0.25) is 0 Å². The standard InChI is InChI=1S/C20H44N/c1-10-11-12-13-14-15-16-20(6,7)18(4)19(5)21(8,9)17(2)3/h17-19H,10-16H2,1-9H3/q+1. The summed E-state index contributed by atoms with van der Waals surface area (Å²) in [5.41, 5.74) is 0.453. The molecule has 0 aromatic carbocycles. The fourth-order valence-electron chi connectivity index (χ4n) is 3.29. The maximum Gasteiger partial charge on any atom is 0.0890 e. The van der Waals surface area contributed by atoms with Crippen molar-refractivity contribution in [3.63, 3.8) is 0 Å². The molecule has 0 amide bonds. The molecule has 0 saturated heterocycles. The second kappa shape index (κ2) is 9.18. The summed E-state index contributed by atoms with van der Waals surface area (Å²) in [6.45, 7) is 16.9. The number of nitrogens with zero attached hydrogens (tertiary/aromatic N) is 1. The van der Waals surface area contributed by atoms with E-state index in [9.17, 15) is 0 Å². The van der Waals surface area contributed by atoms with Gasteiger partial charge >= 0.3 is 0 Å². The van der Waals surface area contributed by atoms with Crippen LogP contribution in [0.4, 0.5) is 0 Å². The van der Waals surface area contributed by atoms with Crippen LogP contribution < -0.4 is 0 Å².